The summed E-state index contributed by atoms with van der Waals surface area (Å²) in [6, 6.07) is 4.99. The van der Waals surface area contributed by atoms with Crippen molar-refractivity contribution in [3.63, 3.8) is 0 Å². The van der Waals surface area contributed by atoms with Crippen molar-refractivity contribution >= 4 is 35.8 Å². The van der Waals surface area contributed by atoms with Crippen molar-refractivity contribution in [1.29, 1.82) is 0 Å². The molecule has 0 fully saturated rings. The molecule has 5 nitrogen and oxygen atoms in total. The standard InChI is InChI=1S/C17H27FN4O.HI/c1-5-19-17(21-9-8-20-16(23)12(2)3)22-11-14-6-7-15(18)13(4)10-14;/h6-7,10,12H,5,8-9,11H2,1-4H3,(H,20,23)(H2,19,21,22);1H. The van der Waals surface area contributed by atoms with Crippen LogP contribution in [0.2, 0.25) is 0 Å². The van der Waals surface area contributed by atoms with Gasteiger partial charge in [0.2, 0.25) is 5.91 Å². The van der Waals surface area contributed by atoms with Crippen LogP contribution >= 0.6 is 24.0 Å². The molecule has 1 rings (SSSR count). The van der Waals surface area contributed by atoms with Gasteiger partial charge in [0, 0.05) is 25.6 Å². The van der Waals surface area contributed by atoms with Crippen LogP contribution in [0, 0.1) is 18.7 Å². The Kier molecular flexibility index (Phi) is 11.4. The molecule has 3 N–H and O–H groups in total. The molecule has 1 aromatic rings. The number of rotatable bonds is 7. The summed E-state index contributed by atoms with van der Waals surface area (Å²) < 4.78 is 13.3. The number of carbonyl (C=O) groups excluding carboxylic acids is 1. The SMILES string of the molecule is CCNC(=NCc1ccc(F)c(C)c1)NCCNC(=O)C(C)C.I. The normalized spacial score (nSPS) is 11.0. The van der Waals surface area contributed by atoms with Crippen LogP contribution in [-0.2, 0) is 11.3 Å². The number of nitrogens with one attached hydrogen (secondary N) is 3. The highest BCUT2D eigenvalue weighted by Crippen LogP contribution is 2.09. The van der Waals surface area contributed by atoms with Gasteiger partial charge in [0.1, 0.15) is 5.82 Å². The Bertz CT molecular complexity index is 549. The maximum Gasteiger partial charge on any atom is 0.222 e. The van der Waals surface area contributed by atoms with Gasteiger partial charge in [-0.1, -0.05) is 26.0 Å². The van der Waals surface area contributed by atoms with E-state index in [2.05, 4.69) is 20.9 Å². The van der Waals surface area contributed by atoms with E-state index in [1.807, 2.05) is 20.8 Å². The lowest BCUT2D eigenvalue weighted by atomic mass is 10.1. The van der Waals surface area contributed by atoms with Gasteiger partial charge in [0.15, 0.2) is 5.96 Å². The van der Waals surface area contributed by atoms with Gasteiger partial charge in [-0.3, -0.25) is 4.79 Å². The fourth-order valence-corrected chi connectivity index (χ4v) is 1.89. The van der Waals surface area contributed by atoms with E-state index in [1.165, 1.54) is 6.07 Å². The molecule has 0 aromatic heterocycles. The van der Waals surface area contributed by atoms with E-state index in [0.717, 1.165) is 12.1 Å². The molecular formula is C17H28FIN4O. The number of halogens is 2. The Hall–Kier alpha value is -1.38. The number of nitrogens with zero attached hydrogens (tertiary/aromatic N) is 1. The van der Waals surface area contributed by atoms with E-state index in [1.54, 1.807) is 19.1 Å². The quantitative estimate of drug-likeness (QED) is 0.259. The minimum absolute atomic E-state index is 0. The Labute approximate surface area is 160 Å². The van der Waals surface area contributed by atoms with Crippen LogP contribution in [0.1, 0.15) is 31.9 Å². The van der Waals surface area contributed by atoms with Crippen LogP contribution in [0.15, 0.2) is 23.2 Å². The number of aryl methyl sites for hydroxylation is 1. The van der Waals surface area contributed by atoms with Crippen molar-refractivity contribution < 1.29 is 9.18 Å². The van der Waals surface area contributed by atoms with Gasteiger partial charge in [0.05, 0.1) is 6.54 Å². The van der Waals surface area contributed by atoms with E-state index in [4.69, 9.17) is 0 Å². The Balaban J connectivity index is 0.00000529. The molecule has 0 radical (unpaired) electrons. The molecule has 0 aliphatic rings. The van der Waals surface area contributed by atoms with Crippen LogP contribution < -0.4 is 16.0 Å². The van der Waals surface area contributed by atoms with Crippen LogP contribution in [-0.4, -0.2) is 31.5 Å². The van der Waals surface area contributed by atoms with Gasteiger partial charge in [-0.2, -0.15) is 0 Å². The predicted molar refractivity (Wildman–Crippen MR) is 107 cm³/mol. The summed E-state index contributed by atoms with van der Waals surface area (Å²) in [7, 11) is 0. The van der Waals surface area contributed by atoms with Gasteiger partial charge >= 0.3 is 0 Å². The Morgan fingerprint density at radius 2 is 1.88 bits per heavy atom. The summed E-state index contributed by atoms with van der Waals surface area (Å²) in [4.78, 5) is 15.9. The van der Waals surface area contributed by atoms with Crippen molar-refractivity contribution in [3.8, 4) is 0 Å². The monoisotopic (exact) mass is 450 g/mol. The first-order valence-electron chi connectivity index (χ1n) is 7.99. The molecule has 0 saturated carbocycles. The second kappa shape index (κ2) is 12.0. The maximum atomic E-state index is 13.3. The van der Waals surface area contributed by atoms with Crippen molar-refractivity contribution in [1.82, 2.24) is 16.0 Å². The molecule has 0 heterocycles. The summed E-state index contributed by atoms with van der Waals surface area (Å²) in [5, 5.41) is 9.14. The second-order valence-corrected chi connectivity index (χ2v) is 5.65. The summed E-state index contributed by atoms with van der Waals surface area (Å²) >= 11 is 0. The molecular weight excluding hydrogens is 422 g/mol. The highest BCUT2D eigenvalue weighted by Gasteiger charge is 2.05. The molecule has 136 valence electrons. The zero-order chi connectivity index (χ0) is 17.2. The summed E-state index contributed by atoms with van der Waals surface area (Å²) in [5.74, 6) is 0.492. The number of hydrogen-bond acceptors (Lipinski definition) is 2. The number of amides is 1. The van der Waals surface area contributed by atoms with Crippen molar-refractivity contribution in [2.24, 2.45) is 10.9 Å². The maximum absolute atomic E-state index is 13.3. The molecule has 1 amide bonds. The molecule has 0 spiro atoms. The first kappa shape index (κ1) is 22.6. The number of carbonyl (C=O) groups is 1. The molecule has 0 aliphatic carbocycles. The summed E-state index contributed by atoms with van der Waals surface area (Å²) in [5.41, 5.74) is 1.57. The molecule has 0 unspecified atom stereocenters. The number of hydrogen-bond donors (Lipinski definition) is 3. The average Bonchev–Trinajstić information content (AvgIpc) is 2.51. The second-order valence-electron chi connectivity index (χ2n) is 5.65. The minimum atomic E-state index is -0.205. The topological polar surface area (TPSA) is 65.5 Å². The molecule has 7 heteroatoms. The van der Waals surface area contributed by atoms with Gasteiger partial charge in [-0.05, 0) is 31.0 Å². The van der Waals surface area contributed by atoms with Crippen molar-refractivity contribution in [2.45, 2.75) is 34.2 Å². The molecule has 24 heavy (non-hydrogen) atoms. The lowest BCUT2D eigenvalue weighted by molar-refractivity contribution is -0.123. The Morgan fingerprint density at radius 1 is 1.21 bits per heavy atom. The molecule has 0 bridgehead atoms. The van der Waals surface area contributed by atoms with Gasteiger partial charge in [-0.15, -0.1) is 24.0 Å². The zero-order valence-corrected chi connectivity index (χ0v) is 17.1. The van der Waals surface area contributed by atoms with E-state index < -0.39 is 0 Å². The van der Waals surface area contributed by atoms with E-state index in [-0.39, 0.29) is 41.6 Å². The summed E-state index contributed by atoms with van der Waals surface area (Å²) in [6.45, 7) is 9.78. The molecule has 1 aromatic carbocycles. The fourth-order valence-electron chi connectivity index (χ4n) is 1.89. The highest BCUT2D eigenvalue weighted by molar-refractivity contribution is 14.0. The van der Waals surface area contributed by atoms with Crippen LogP contribution in [0.3, 0.4) is 0 Å². The van der Waals surface area contributed by atoms with Gasteiger partial charge < -0.3 is 16.0 Å². The van der Waals surface area contributed by atoms with E-state index >= 15 is 0 Å². The first-order valence-corrected chi connectivity index (χ1v) is 7.99. The average molecular weight is 450 g/mol. The molecule has 0 saturated heterocycles. The number of benzene rings is 1. The van der Waals surface area contributed by atoms with E-state index in [0.29, 0.717) is 31.2 Å². The third-order valence-electron chi connectivity index (χ3n) is 3.23. The molecule has 0 atom stereocenters. The minimum Gasteiger partial charge on any atom is -0.357 e. The highest BCUT2D eigenvalue weighted by atomic mass is 127. The lowest BCUT2D eigenvalue weighted by Gasteiger charge is -2.12. The van der Waals surface area contributed by atoms with Crippen molar-refractivity contribution in [2.75, 3.05) is 19.6 Å². The lowest BCUT2D eigenvalue weighted by Crippen LogP contribution is -2.42. The van der Waals surface area contributed by atoms with Gasteiger partial charge in [-0.25, -0.2) is 9.38 Å². The third kappa shape index (κ3) is 8.47. The van der Waals surface area contributed by atoms with Crippen LogP contribution in [0.5, 0.6) is 0 Å². The van der Waals surface area contributed by atoms with E-state index in [9.17, 15) is 9.18 Å². The number of aliphatic imine (C=N–C) groups is 1. The largest absolute Gasteiger partial charge is 0.357 e. The summed E-state index contributed by atoms with van der Waals surface area (Å²) in [6.07, 6.45) is 0. The zero-order valence-electron chi connectivity index (χ0n) is 14.8. The van der Waals surface area contributed by atoms with Crippen LogP contribution in [0.4, 0.5) is 4.39 Å². The smallest absolute Gasteiger partial charge is 0.222 e. The van der Waals surface area contributed by atoms with Gasteiger partial charge in [0.25, 0.3) is 0 Å². The number of guanidine groups is 1. The third-order valence-corrected chi connectivity index (χ3v) is 3.23. The molecule has 0 aliphatic heterocycles. The Morgan fingerprint density at radius 3 is 2.46 bits per heavy atom. The van der Waals surface area contributed by atoms with Crippen molar-refractivity contribution in [3.05, 3.63) is 35.1 Å². The fraction of sp³-hybridized carbons (Fsp3) is 0.529. The van der Waals surface area contributed by atoms with Crippen LogP contribution in [0.25, 0.3) is 0 Å². The predicted octanol–water partition coefficient (Wildman–Crippen LogP) is 2.58. The first-order chi connectivity index (χ1) is 10.9.